The fourth-order valence-corrected chi connectivity index (χ4v) is 11.0. The molecule has 0 amide bonds. The van der Waals surface area contributed by atoms with Crippen LogP contribution in [0.25, 0.3) is 115 Å². The molecule has 0 unspecified atom stereocenters. The summed E-state index contributed by atoms with van der Waals surface area (Å²) < 4.78 is 9.22. The van der Waals surface area contributed by atoms with Crippen LogP contribution in [0.5, 0.6) is 0 Å². The molecule has 2 heterocycles. The summed E-state index contributed by atoms with van der Waals surface area (Å²) in [6.07, 6.45) is 0. The van der Waals surface area contributed by atoms with Crippen molar-refractivity contribution in [2.24, 2.45) is 0 Å². The van der Waals surface area contributed by atoms with Crippen LogP contribution in [0.15, 0.2) is 259 Å². The molecule has 3 nitrogen and oxygen atoms in total. The van der Waals surface area contributed by atoms with Gasteiger partial charge >= 0.3 is 0 Å². The lowest BCUT2D eigenvalue weighted by Gasteiger charge is -2.29. The Bertz CT molecular complexity index is 4260. The number of anilines is 3. The normalized spacial score (nSPS) is 11.8. The SMILES string of the molecule is c1ccc(N(c2ccc(-c3ccccc3-n3c4ccccc4c4ccccc43)cc2)c2ccc(-c3cccc4c3oc3c5ccccc5ccc43)cc2)c(-c2cc3ccccc3c3ccccc23)c1. The molecule has 0 saturated heterocycles. The minimum absolute atomic E-state index is 0.902. The first-order chi connectivity index (χ1) is 34.2. The third-order valence-electron chi connectivity index (χ3n) is 14.2. The fourth-order valence-electron chi connectivity index (χ4n) is 11.0. The average Bonchev–Trinajstić information content (AvgIpc) is 3.98. The molecule has 0 N–H and O–H groups in total. The van der Waals surface area contributed by atoms with E-state index in [0.717, 1.165) is 72.3 Å². The second-order valence-corrected chi connectivity index (χ2v) is 18.0. The maximum absolute atomic E-state index is 6.81. The van der Waals surface area contributed by atoms with E-state index in [1.165, 1.54) is 59.9 Å². The second-order valence-electron chi connectivity index (χ2n) is 18.0. The molecule has 2 aromatic heterocycles. The number of benzene rings is 12. The molecule has 0 saturated carbocycles. The van der Waals surface area contributed by atoms with E-state index in [2.05, 4.69) is 264 Å². The van der Waals surface area contributed by atoms with Gasteiger partial charge in [0.15, 0.2) is 0 Å². The summed E-state index contributed by atoms with van der Waals surface area (Å²) >= 11 is 0. The Morgan fingerprint density at radius 1 is 0.290 bits per heavy atom. The Kier molecular flexibility index (Phi) is 8.90. The van der Waals surface area contributed by atoms with Crippen molar-refractivity contribution in [2.45, 2.75) is 0 Å². The third-order valence-corrected chi connectivity index (χ3v) is 14.2. The molecule has 14 aromatic rings. The minimum atomic E-state index is 0.902. The van der Waals surface area contributed by atoms with Crippen LogP contribution in [-0.2, 0) is 0 Å². The van der Waals surface area contributed by atoms with Gasteiger partial charge in [0, 0.05) is 55.0 Å². The zero-order valence-corrected chi connectivity index (χ0v) is 37.6. The molecule has 0 atom stereocenters. The van der Waals surface area contributed by atoms with E-state index in [4.69, 9.17) is 4.42 Å². The van der Waals surface area contributed by atoms with E-state index < -0.39 is 0 Å². The highest BCUT2D eigenvalue weighted by atomic mass is 16.3. The van der Waals surface area contributed by atoms with Gasteiger partial charge in [-0.2, -0.15) is 0 Å². The predicted molar refractivity (Wildman–Crippen MR) is 292 cm³/mol. The van der Waals surface area contributed by atoms with Crippen LogP contribution in [0.2, 0.25) is 0 Å². The molecule has 14 rings (SSSR count). The molecule has 0 aliphatic rings. The average molecular weight is 879 g/mol. The van der Waals surface area contributed by atoms with Crippen LogP contribution < -0.4 is 4.90 Å². The standard InChI is InChI=1S/C66H42N2O/c1-4-20-51-43(16-1)36-41-59-58-27-15-26-52(65(58)69-66(51)59)45-34-39-48(40-35-45)67(62-29-12-10-25-57(62)60-42-46-17-2-3-18-49(46)53-21-5-6-22-54(53)60)47-37-32-44(33-38-47)50-19-7-11-28-61(50)68-63-30-13-8-23-55(63)56-24-9-14-31-64(56)68/h1-42H. The van der Waals surface area contributed by atoms with E-state index >= 15 is 0 Å². The van der Waals surface area contributed by atoms with Crippen molar-refractivity contribution >= 4 is 93.1 Å². The number of para-hydroxylation sites is 5. The van der Waals surface area contributed by atoms with Gasteiger partial charge in [-0.05, 0) is 104 Å². The summed E-state index contributed by atoms with van der Waals surface area (Å²) in [5.74, 6) is 0. The first kappa shape index (κ1) is 39.0. The summed E-state index contributed by atoms with van der Waals surface area (Å²) in [4.78, 5) is 2.42. The lowest BCUT2D eigenvalue weighted by molar-refractivity contribution is 0.674. The number of rotatable bonds is 7. The van der Waals surface area contributed by atoms with Crippen molar-refractivity contribution in [1.82, 2.24) is 4.57 Å². The zero-order chi connectivity index (χ0) is 45.4. The Hall–Kier alpha value is -9.18. The monoisotopic (exact) mass is 878 g/mol. The summed E-state index contributed by atoms with van der Waals surface area (Å²) in [5.41, 5.74) is 15.4. The smallest absolute Gasteiger partial charge is 0.143 e. The molecule has 322 valence electrons. The van der Waals surface area contributed by atoms with Gasteiger partial charge in [-0.25, -0.2) is 0 Å². The van der Waals surface area contributed by atoms with E-state index in [1.807, 2.05) is 0 Å². The van der Waals surface area contributed by atoms with Gasteiger partial charge in [0.1, 0.15) is 11.2 Å². The Morgan fingerprint density at radius 3 is 1.52 bits per heavy atom. The second kappa shape index (κ2) is 15.7. The molecule has 0 radical (unpaired) electrons. The molecule has 0 fully saturated rings. The molecular weight excluding hydrogens is 837 g/mol. The van der Waals surface area contributed by atoms with Crippen molar-refractivity contribution in [1.29, 1.82) is 0 Å². The van der Waals surface area contributed by atoms with Gasteiger partial charge in [-0.15, -0.1) is 0 Å². The molecule has 0 aliphatic heterocycles. The van der Waals surface area contributed by atoms with Crippen LogP contribution >= 0.6 is 0 Å². The van der Waals surface area contributed by atoms with E-state index in [9.17, 15) is 0 Å². The highest BCUT2D eigenvalue weighted by Crippen LogP contribution is 2.46. The van der Waals surface area contributed by atoms with Gasteiger partial charge in [0.05, 0.1) is 22.4 Å². The van der Waals surface area contributed by atoms with Crippen LogP contribution in [0.3, 0.4) is 0 Å². The maximum atomic E-state index is 6.81. The molecule has 0 spiro atoms. The third kappa shape index (κ3) is 6.21. The van der Waals surface area contributed by atoms with Gasteiger partial charge in [0.25, 0.3) is 0 Å². The van der Waals surface area contributed by atoms with E-state index in [-0.39, 0.29) is 0 Å². The predicted octanol–water partition coefficient (Wildman–Crippen LogP) is 18.6. The summed E-state index contributed by atoms with van der Waals surface area (Å²) in [6, 6.07) is 92.5. The molecule has 12 aromatic carbocycles. The van der Waals surface area contributed by atoms with Crippen molar-refractivity contribution < 1.29 is 4.42 Å². The number of fused-ring (bicyclic) bond motifs is 11. The van der Waals surface area contributed by atoms with Crippen molar-refractivity contribution in [3.8, 4) is 39.1 Å². The van der Waals surface area contributed by atoms with Gasteiger partial charge < -0.3 is 13.9 Å². The van der Waals surface area contributed by atoms with E-state index in [1.54, 1.807) is 0 Å². The largest absolute Gasteiger partial charge is 0.455 e. The Balaban J connectivity index is 0.933. The molecular formula is C66H42N2O. The minimum Gasteiger partial charge on any atom is -0.455 e. The van der Waals surface area contributed by atoms with Gasteiger partial charge in [-0.1, -0.05) is 194 Å². The maximum Gasteiger partial charge on any atom is 0.143 e. The van der Waals surface area contributed by atoms with Gasteiger partial charge in [0.2, 0.25) is 0 Å². The molecule has 0 bridgehead atoms. The number of hydrogen-bond acceptors (Lipinski definition) is 2. The summed E-state index contributed by atoms with van der Waals surface area (Å²) in [5, 5.41) is 12.0. The lowest BCUT2D eigenvalue weighted by atomic mass is 9.92. The van der Waals surface area contributed by atoms with Crippen LogP contribution in [-0.4, -0.2) is 4.57 Å². The number of furan rings is 1. The van der Waals surface area contributed by atoms with Crippen LogP contribution in [0, 0.1) is 0 Å². The first-order valence-electron chi connectivity index (χ1n) is 23.7. The summed E-state index contributed by atoms with van der Waals surface area (Å²) in [6.45, 7) is 0. The first-order valence-corrected chi connectivity index (χ1v) is 23.7. The van der Waals surface area contributed by atoms with Gasteiger partial charge in [-0.3, -0.25) is 0 Å². The van der Waals surface area contributed by atoms with Crippen LogP contribution in [0.4, 0.5) is 17.1 Å². The Labute approximate surface area is 399 Å². The molecule has 3 heteroatoms. The number of hydrogen-bond donors (Lipinski definition) is 0. The molecule has 0 aliphatic carbocycles. The van der Waals surface area contributed by atoms with Crippen molar-refractivity contribution in [3.63, 3.8) is 0 Å². The summed E-state index contributed by atoms with van der Waals surface area (Å²) in [7, 11) is 0. The topological polar surface area (TPSA) is 21.3 Å². The number of nitrogens with zero attached hydrogens (tertiary/aromatic N) is 2. The van der Waals surface area contributed by atoms with Crippen molar-refractivity contribution in [3.05, 3.63) is 255 Å². The zero-order valence-electron chi connectivity index (χ0n) is 37.6. The van der Waals surface area contributed by atoms with Crippen molar-refractivity contribution in [2.75, 3.05) is 4.90 Å². The highest BCUT2D eigenvalue weighted by molar-refractivity contribution is 6.18. The quantitative estimate of drug-likeness (QED) is 0.149. The Morgan fingerprint density at radius 2 is 0.797 bits per heavy atom. The van der Waals surface area contributed by atoms with Crippen LogP contribution in [0.1, 0.15) is 0 Å². The number of aromatic nitrogens is 1. The highest BCUT2D eigenvalue weighted by Gasteiger charge is 2.22. The lowest BCUT2D eigenvalue weighted by Crippen LogP contribution is -2.11. The molecule has 69 heavy (non-hydrogen) atoms. The fraction of sp³-hybridized carbons (Fsp3) is 0. The van der Waals surface area contributed by atoms with E-state index in [0.29, 0.717) is 0 Å².